The molecule has 0 aliphatic heterocycles. The average molecular weight is 396 g/mol. The molecule has 0 spiro atoms. The maximum atomic E-state index is 10.2. The molecular weight excluding hydrogens is 378 g/mol. The van der Waals surface area contributed by atoms with Crippen LogP contribution in [0.2, 0.25) is 0 Å². The molecule has 2 heterocycles. The summed E-state index contributed by atoms with van der Waals surface area (Å²) >= 11 is 0. The molecule has 4 aromatic rings. The van der Waals surface area contributed by atoms with Crippen LogP contribution in [-0.2, 0) is 10.3 Å². The fourth-order valence-corrected chi connectivity index (χ4v) is 3.88. The highest BCUT2D eigenvalue weighted by Crippen LogP contribution is 2.44. The molecule has 0 fully saturated rings. The van der Waals surface area contributed by atoms with Crippen molar-refractivity contribution in [2.45, 2.75) is 25.0 Å². The van der Waals surface area contributed by atoms with E-state index in [1.807, 2.05) is 19.1 Å². The molecule has 0 aliphatic rings. The highest BCUT2D eigenvalue weighted by atomic mass is 16.6. The minimum Gasteiger partial charge on any atom is -0.496 e. The van der Waals surface area contributed by atoms with Gasteiger partial charge in [0.1, 0.15) is 27.3 Å². The first-order valence-electron chi connectivity index (χ1n) is 9.22. The van der Waals surface area contributed by atoms with Crippen LogP contribution < -0.4 is 4.74 Å². The van der Waals surface area contributed by atoms with E-state index >= 15 is 0 Å². The number of nitrogens with zero attached hydrogens (tertiary/aromatic N) is 2. The second kappa shape index (κ2) is 6.94. The number of H-pyrrole nitrogens is 2. The van der Waals surface area contributed by atoms with Crippen LogP contribution in [0.5, 0.6) is 5.75 Å². The van der Waals surface area contributed by atoms with Gasteiger partial charge in [0.05, 0.1) is 35.4 Å². The van der Waals surface area contributed by atoms with Crippen molar-refractivity contribution in [1.29, 1.82) is 5.26 Å². The number of benzene rings is 2. The van der Waals surface area contributed by atoms with Gasteiger partial charge in [0, 0.05) is 22.7 Å². The summed E-state index contributed by atoms with van der Waals surface area (Å²) in [7, 11) is 12.9. The van der Waals surface area contributed by atoms with Gasteiger partial charge in [0.2, 0.25) is 0 Å². The fourth-order valence-electron chi connectivity index (χ4n) is 3.88. The van der Waals surface area contributed by atoms with Crippen LogP contribution in [0.1, 0.15) is 29.4 Å². The predicted molar refractivity (Wildman–Crippen MR) is 114 cm³/mol. The summed E-state index contributed by atoms with van der Waals surface area (Å²) in [6, 6.07) is 10.9. The van der Waals surface area contributed by atoms with Gasteiger partial charge in [-0.25, -0.2) is 4.98 Å². The van der Waals surface area contributed by atoms with E-state index in [2.05, 4.69) is 21.0 Å². The van der Waals surface area contributed by atoms with E-state index in [9.17, 15) is 10.4 Å². The lowest BCUT2D eigenvalue weighted by Crippen LogP contribution is -2.44. The van der Waals surface area contributed by atoms with Crippen molar-refractivity contribution in [3.63, 3.8) is 0 Å². The third-order valence-corrected chi connectivity index (χ3v) is 5.13. The van der Waals surface area contributed by atoms with Crippen molar-refractivity contribution >= 4 is 37.6 Å². The summed E-state index contributed by atoms with van der Waals surface area (Å²) in [4.78, 5) is 11.0. The molecule has 3 N–H and O–H groups in total. The minimum atomic E-state index is -2.45. The zero-order valence-electron chi connectivity index (χ0n) is 16.8. The van der Waals surface area contributed by atoms with Crippen LogP contribution in [0.4, 0.5) is 0 Å². The van der Waals surface area contributed by atoms with Crippen molar-refractivity contribution in [2.75, 3.05) is 7.11 Å². The van der Waals surface area contributed by atoms with Gasteiger partial charge < -0.3 is 24.5 Å². The summed E-state index contributed by atoms with van der Waals surface area (Å²) in [6.45, 7) is 3.65. The number of methoxy groups -OCH3 is 1. The molecule has 0 amide bonds. The molecule has 4 rings (SSSR count). The number of hydrogen-bond donors (Lipinski definition) is 3. The van der Waals surface area contributed by atoms with E-state index in [0.29, 0.717) is 33.7 Å². The van der Waals surface area contributed by atoms with Crippen LogP contribution in [0.25, 0.3) is 21.9 Å². The molecule has 9 heteroatoms. The third kappa shape index (κ3) is 3.24. The monoisotopic (exact) mass is 396 g/mol. The Bertz CT molecular complexity index is 1300. The van der Waals surface area contributed by atoms with Crippen molar-refractivity contribution in [1.82, 2.24) is 15.0 Å². The number of aliphatic hydroxyl groups is 1. The minimum absolute atomic E-state index is 0.339. The van der Waals surface area contributed by atoms with Crippen LogP contribution >= 0.6 is 0 Å². The van der Waals surface area contributed by atoms with Gasteiger partial charge in [0.25, 0.3) is 0 Å². The van der Waals surface area contributed by atoms with Crippen LogP contribution in [0.15, 0.2) is 36.5 Å². The molecule has 2 aromatic carbocycles. The molecule has 0 bridgehead atoms. The van der Waals surface area contributed by atoms with E-state index in [1.165, 1.54) is 0 Å². The quantitative estimate of drug-likeness (QED) is 0.355. The van der Waals surface area contributed by atoms with E-state index < -0.39 is 11.2 Å². The molecular formula is C21H18B2N4O3. The summed E-state index contributed by atoms with van der Waals surface area (Å²) in [5.74, 6) is 0.857. The predicted octanol–water partition coefficient (Wildman–Crippen LogP) is 2.45. The summed E-state index contributed by atoms with van der Waals surface area (Å²) in [5.41, 5.74) is 0.281. The summed E-state index contributed by atoms with van der Waals surface area (Å²) in [6.07, 6.45) is 1.80. The van der Waals surface area contributed by atoms with E-state index in [-0.39, 0.29) is 0 Å². The van der Waals surface area contributed by atoms with E-state index in [4.69, 9.17) is 25.2 Å². The average Bonchev–Trinajstić information content (AvgIpc) is 3.33. The first kappa shape index (κ1) is 20.1. The Morgan fingerprint density at radius 3 is 2.67 bits per heavy atom. The Morgan fingerprint density at radius 1 is 1.23 bits per heavy atom. The number of aromatic amines is 2. The van der Waals surface area contributed by atoms with Crippen molar-refractivity contribution in [3.8, 4) is 11.8 Å². The number of fused-ring (bicyclic) bond motifs is 2. The molecule has 0 saturated carbocycles. The fraction of sp³-hybridized carbons (Fsp3) is 0.238. The number of ether oxygens (including phenoxy) is 2. The highest BCUT2D eigenvalue weighted by Gasteiger charge is 2.41. The highest BCUT2D eigenvalue weighted by molar-refractivity contribution is 6.37. The SMILES string of the molecule is [B]C([B])(O)OC(C)(c1nc2ccc(C#N)cc2[nH]1)c1c(OC)cc(C)c2[nH]ccc12. The molecule has 1 atom stereocenters. The van der Waals surface area contributed by atoms with Gasteiger partial charge >= 0.3 is 0 Å². The standard InChI is InChI=1S/C21H18B2N4O3/c1-11-8-16(29-3)17(13-6-7-25-18(11)13)20(2,30-21(22,23)28)19-26-14-5-4-12(10-24)9-15(14)27-19/h4-9,25,28H,1-3H3,(H,26,27). The number of nitrogens with one attached hydrogen (secondary N) is 2. The van der Waals surface area contributed by atoms with Gasteiger partial charge in [0.15, 0.2) is 5.60 Å². The van der Waals surface area contributed by atoms with Crippen molar-refractivity contribution in [3.05, 3.63) is 59.0 Å². The maximum absolute atomic E-state index is 10.2. The van der Waals surface area contributed by atoms with E-state index in [1.54, 1.807) is 38.4 Å². The largest absolute Gasteiger partial charge is 0.496 e. The van der Waals surface area contributed by atoms with Crippen molar-refractivity contribution in [2.24, 2.45) is 0 Å². The second-order valence-corrected chi connectivity index (χ2v) is 7.35. The molecule has 0 aliphatic carbocycles. The van der Waals surface area contributed by atoms with Crippen molar-refractivity contribution < 1.29 is 14.6 Å². The normalized spacial score (nSPS) is 14.0. The molecule has 146 valence electrons. The lowest BCUT2D eigenvalue weighted by atomic mass is 9.75. The van der Waals surface area contributed by atoms with Crippen LogP contribution in [0.3, 0.4) is 0 Å². The lowest BCUT2D eigenvalue weighted by molar-refractivity contribution is -0.152. The van der Waals surface area contributed by atoms with Gasteiger partial charge in [-0.2, -0.15) is 5.26 Å². The third-order valence-electron chi connectivity index (χ3n) is 5.13. The zero-order valence-corrected chi connectivity index (χ0v) is 16.8. The topological polar surface area (TPSA) is 107 Å². The number of aryl methyl sites for hydroxylation is 1. The van der Waals surface area contributed by atoms with Crippen LogP contribution in [-0.4, -0.2) is 48.4 Å². The smallest absolute Gasteiger partial charge is 0.153 e. The molecule has 2 aromatic heterocycles. The van der Waals surface area contributed by atoms with Gasteiger partial charge in [-0.1, -0.05) is 0 Å². The molecule has 30 heavy (non-hydrogen) atoms. The summed E-state index contributed by atoms with van der Waals surface area (Å²) in [5, 5.41) is 20.2. The zero-order chi connectivity index (χ0) is 21.7. The Hall–Kier alpha value is -3.21. The number of rotatable bonds is 5. The first-order valence-corrected chi connectivity index (χ1v) is 9.22. The number of imidazole rings is 1. The van der Waals surface area contributed by atoms with E-state index in [0.717, 1.165) is 16.5 Å². The van der Waals surface area contributed by atoms with Gasteiger partial charge in [-0.15, -0.1) is 0 Å². The van der Waals surface area contributed by atoms with Gasteiger partial charge in [-0.3, -0.25) is 0 Å². The number of hydrogen-bond acceptors (Lipinski definition) is 5. The molecule has 1 unspecified atom stereocenters. The number of nitriles is 1. The summed E-state index contributed by atoms with van der Waals surface area (Å²) < 4.78 is 11.5. The van der Waals surface area contributed by atoms with Crippen LogP contribution in [0, 0.1) is 18.3 Å². The Balaban J connectivity index is 2.05. The molecule has 7 nitrogen and oxygen atoms in total. The molecule has 0 saturated heterocycles. The second-order valence-electron chi connectivity index (χ2n) is 7.35. The molecule has 4 radical (unpaired) electrons. The lowest BCUT2D eigenvalue weighted by Gasteiger charge is -2.37. The maximum Gasteiger partial charge on any atom is 0.153 e. The Kier molecular flexibility index (Phi) is 4.64. The Morgan fingerprint density at radius 2 is 2.00 bits per heavy atom. The first-order chi connectivity index (χ1) is 14.2. The number of aromatic nitrogens is 3. The Labute approximate surface area is 175 Å². The van der Waals surface area contributed by atoms with Gasteiger partial charge in [-0.05, 0) is 49.7 Å².